The molecule has 1 aromatic heterocycles. The maximum absolute atomic E-state index is 9.43. The van der Waals surface area contributed by atoms with Crippen molar-refractivity contribution in [2.45, 2.75) is 31.9 Å². The van der Waals surface area contributed by atoms with E-state index >= 15 is 0 Å². The second-order valence-electron chi connectivity index (χ2n) is 4.58. The van der Waals surface area contributed by atoms with E-state index in [1.54, 1.807) is 7.11 Å². The largest absolute Gasteiger partial charge is 0.394 e. The van der Waals surface area contributed by atoms with Gasteiger partial charge >= 0.3 is 0 Å². The van der Waals surface area contributed by atoms with Gasteiger partial charge < -0.3 is 14.7 Å². The van der Waals surface area contributed by atoms with Gasteiger partial charge in [-0.3, -0.25) is 4.98 Å². The highest BCUT2D eigenvalue weighted by Gasteiger charge is 2.27. The Morgan fingerprint density at radius 2 is 2.29 bits per heavy atom. The van der Waals surface area contributed by atoms with Crippen molar-refractivity contribution in [2.75, 3.05) is 25.2 Å². The molecular formula is C13H20N2O2. The molecule has 0 aliphatic carbocycles. The molecule has 2 rings (SSSR count). The summed E-state index contributed by atoms with van der Waals surface area (Å²) in [5.74, 6) is 0. The van der Waals surface area contributed by atoms with Gasteiger partial charge in [-0.1, -0.05) is 0 Å². The minimum Gasteiger partial charge on any atom is -0.394 e. The molecule has 1 aliphatic heterocycles. The lowest BCUT2D eigenvalue weighted by Gasteiger charge is -2.39. The number of hydrogen-bond acceptors (Lipinski definition) is 4. The molecule has 4 nitrogen and oxygen atoms in total. The van der Waals surface area contributed by atoms with E-state index in [2.05, 4.69) is 16.0 Å². The number of aryl methyl sites for hydroxylation is 1. The van der Waals surface area contributed by atoms with Crippen LogP contribution in [0.4, 0.5) is 5.69 Å². The third kappa shape index (κ3) is 2.76. The number of pyridine rings is 1. The maximum Gasteiger partial charge on any atom is 0.0747 e. The molecule has 17 heavy (non-hydrogen) atoms. The number of aliphatic hydroxyl groups is 1. The van der Waals surface area contributed by atoms with E-state index in [4.69, 9.17) is 4.74 Å². The van der Waals surface area contributed by atoms with Crippen molar-refractivity contribution >= 4 is 5.69 Å². The maximum atomic E-state index is 9.43. The van der Waals surface area contributed by atoms with Crippen LogP contribution in [0.25, 0.3) is 0 Å². The van der Waals surface area contributed by atoms with Crippen molar-refractivity contribution in [3.05, 3.63) is 24.0 Å². The fourth-order valence-corrected chi connectivity index (χ4v) is 2.32. The molecule has 1 saturated heterocycles. The Morgan fingerprint density at radius 1 is 1.47 bits per heavy atom. The van der Waals surface area contributed by atoms with Crippen LogP contribution in [0.15, 0.2) is 18.3 Å². The Labute approximate surface area is 102 Å². The predicted octanol–water partition coefficient (Wildman–Crippen LogP) is 1.37. The molecule has 94 valence electrons. The number of rotatable bonds is 3. The number of piperidine rings is 1. The first-order valence-electron chi connectivity index (χ1n) is 6.07. The monoisotopic (exact) mass is 236 g/mol. The smallest absolute Gasteiger partial charge is 0.0747 e. The molecule has 1 fully saturated rings. The highest BCUT2D eigenvalue weighted by atomic mass is 16.5. The zero-order valence-electron chi connectivity index (χ0n) is 10.5. The van der Waals surface area contributed by atoms with Gasteiger partial charge in [0.2, 0.25) is 0 Å². The van der Waals surface area contributed by atoms with E-state index in [1.165, 1.54) is 0 Å². The first-order chi connectivity index (χ1) is 8.24. The van der Waals surface area contributed by atoms with Crippen LogP contribution in [0.2, 0.25) is 0 Å². The summed E-state index contributed by atoms with van der Waals surface area (Å²) >= 11 is 0. The molecule has 2 heterocycles. The third-order valence-corrected chi connectivity index (χ3v) is 3.43. The Hall–Kier alpha value is -1.13. The number of aliphatic hydroxyl groups excluding tert-OH is 1. The summed E-state index contributed by atoms with van der Waals surface area (Å²) in [6.45, 7) is 2.98. The Kier molecular flexibility index (Phi) is 3.97. The summed E-state index contributed by atoms with van der Waals surface area (Å²) in [5, 5.41) is 9.43. The van der Waals surface area contributed by atoms with Gasteiger partial charge in [-0.2, -0.15) is 0 Å². The van der Waals surface area contributed by atoms with Crippen molar-refractivity contribution in [2.24, 2.45) is 0 Å². The van der Waals surface area contributed by atoms with Gasteiger partial charge in [0.25, 0.3) is 0 Å². The molecule has 2 atom stereocenters. The van der Waals surface area contributed by atoms with E-state index in [0.717, 1.165) is 30.8 Å². The molecule has 1 aromatic rings. The second kappa shape index (κ2) is 5.47. The van der Waals surface area contributed by atoms with E-state index in [9.17, 15) is 5.11 Å². The average Bonchev–Trinajstić information content (AvgIpc) is 2.39. The van der Waals surface area contributed by atoms with Gasteiger partial charge in [0.15, 0.2) is 0 Å². The number of hydrogen-bond donors (Lipinski definition) is 1. The number of methoxy groups -OCH3 is 1. The quantitative estimate of drug-likeness (QED) is 0.861. The van der Waals surface area contributed by atoms with Gasteiger partial charge in [-0.05, 0) is 31.9 Å². The number of anilines is 1. The Bertz CT molecular complexity index is 353. The van der Waals surface area contributed by atoms with Crippen molar-refractivity contribution in [1.29, 1.82) is 0 Å². The molecule has 0 aromatic carbocycles. The summed E-state index contributed by atoms with van der Waals surface area (Å²) in [7, 11) is 1.75. The zero-order valence-corrected chi connectivity index (χ0v) is 10.5. The van der Waals surface area contributed by atoms with Gasteiger partial charge in [0, 0.05) is 19.3 Å². The first kappa shape index (κ1) is 12.3. The summed E-state index contributed by atoms with van der Waals surface area (Å²) in [5.41, 5.74) is 2.07. The van der Waals surface area contributed by atoms with E-state index < -0.39 is 0 Å². The molecule has 1 N–H and O–H groups in total. The van der Waals surface area contributed by atoms with Crippen LogP contribution in [-0.2, 0) is 4.74 Å². The minimum atomic E-state index is 0.185. The van der Waals surface area contributed by atoms with Crippen molar-refractivity contribution in [3.8, 4) is 0 Å². The normalized spacial score (nSPS) is 25.0. The van der Waals surface area contributed by atoms with Crippen LogP contribution in [0.1, 0.15) is 18.5 Å². The van der Waals surface area contributed by atoms with Crippen LogP contribution in [0, 0.1) is 6.92 Å². The highest BCUT2D eigenvalue weighted by Crippen LogP contribution is 2.25. The Morgan fingerprint density at radius 3 is 2.88 bits per heavy atom. The minimum absolute atomic E-state index is 0.185. The second-order valence-corrected chi connectivity index (χ2v) is 4.58. The molecule has 0 radical (unpaired) electrons. The predicted molar refractivity (Wildman–Crippen MR) is 67.2 cm³/mol. The molecule has 0 unspecified atom stereocenters. The number of aromatic nitrogens is 1. The van der Waals surface area contributed by atoms with Gasteiger partial charge in [0.05, 0.1) is 30.6 Å². The lowest BCUT2D eigenvalue weighted by Crippen LogP contribution is -2.48. The standard InChI is InChI=1S/C13H20N2O2/c1-10-3-4-11(7-14-10)15-8-13(17-2)6-5-12(15)9-16/h3-4,7,12-13,16H,5-6,8-9H2,1-2H3/t12-,13-/m1/s1. The summed E-state index contributed by atoms with van der Waals surface area (Å²) in [6.07, 6.45) is 4.09. The van der Waals surface area contributed by atoms with Gasteiger partial charge in [-0.25, -0.2) is 0 Å². The summed E-state index contributed by atoms with van der Waals surface area (Å²) < 4.78 is 5.42. The van der Waals surface area contributed by atoms with Crippen LogP contribution >= 0.6 is 0 Å². The number of nitrogens with zero attached hydrogens (tertiary/aromatic N) is 2. The fraction of sp³-hybridized carbons (Fsp3) is 0.615. The molecule has 0 amide bonds. The average molecular weight is 236 g/mol. The molecule has 0 spiro atoms. The fourth-order valence-electron chi connectivity index (χ4n) is 2.32. The van der Waals surface area contributed by atoms with Gasteiger partial charge in [0.1, 0.15) is 0 Å². The van der Waals surface area contributed by atoms with Crippen LogP contribution in [-0.4, -0.2) is 42.5 Å². The molecule has 4 heteroatoms. The molecule has 1 aliphatic rings. The summed E-state index contributed by atoms with van der Waals surface area (Å²) in [4.78, 5) is 6.51. The van der Waals surface area contributed by atoms with E-state index in [-0.39, 0.29) is 18.8 Å². The van der Waals surface area contributed by atoms with Gasteiger partial charge in [-0.15, -0.1) is 0 Å². The third-order valence-electron chi connectivity index (χ3n) is 3.43. The van der Waals surface area contributed by atoms with Crippen LogP contribution in [0.5, 0.6) is 0 Å². The van der Waals surface area contributed by atoms with Crippen molar-refractivity contribution in [1.82, 2.24) is 4.98 Å². The zero-order chi connectivity index (χ0) is 12.3. The van der Waals surface area contributed by atoms with E-state index in [0.29, 0.717) is 0 Å². The lowest BCUT2D eigenvalue weighted by atomic mass is 10.00. The van der Waals surface area contributed by atoms with E-state index in [1.807, 2.05) is 19.2 Å². The molecule has 0 saturated carbocycles. The summed E-state index contributed by atoms with van der Waals surface area (Å²) in [6, 6.07) is 4.24. The lowest BCUT2D eigenvalue weighted by molar-refractivity contribution is 0.0744. The molecule has 0 bridgehead atoms. The van der Waals surface area contributed by atoms with Crippen LogP contribution < -0.4 is 4.90 Å². The SMILES string of the molecule is CO[C@@H]1CC[C@H](CO)N(c2ccc(C)nc2)C1. The highest BCUT2D eigenvalue weighted by molar-refractivity contribution is 5.46. The first-order valence-corrected chi connectivity index (χ1v) is 6.07. The van der Waals surface area contributed by atoms with Crippen LogP contribution in [0.3, 0.4) is 0 Å². The topological polar surface area (TPSA) is 45.6 Å². The number of ether oxygens (including phenoxy) is 1. The van der Waals surface area contributed by atoms with Crippen molar-refractivity contribution in [3.63, 3.8) is 0 Å². The molecular weight excluding hydrogens is 216 g/mol. The Balaban J connectivity index is 2.17. The van der Waals surface area contributed by atoms with Crippen molar-refractivity contribution < 1.29 is 9.84 Å².